The van der Waals surface area contributed by atoms with Crippen molar-refractivity contribution in [2.45, 2.75) is 44.7 Å². The summed E-state index contributed by atoms with van der Waals surface area (Å²) in [6.07, 6.45) is 2.06. The van der Waals surface area contributed by atoms with Crippen molar-refractivity contribution in [2.75, 3.05) is 6.54 Å². The highest BCUT2D eigenvalue weighted by Gasteiger charge is 2.44. The standard InChI is InChI=1S/C16H22N2O3/c1-11-6-3-4-7-13(11)12(2)18-14(19)10-17-16(15(20)21)8-5-9-16/h3-4,6-7,12,17H,5,8-10H2,1-2H3,(H,18,19)(H,20,21). The molecule has 5 nitrogen and oxygen atoms in total. The van der Waals surface area contributed by atoms with Crippen LogP contribution in [0, 0.1) is 6.92 Å². The fourth-order valence-electron chi connectivity index (χ4n) is 2.69. The van der Waals surface area contributed by atoms with Crippen molar-refractivity contribution in [3.63, 3.8) is 0 Å². The topological polar surface area (TPSA) is 78.4 Å². The lowest BCUT2D eigenvalue weighted by atomic mass is 9.77. The highest BCUT2D eigenvalue weighted by Crippen LogP contribution is 2.31. The van der Waals surface area contributed by atoms with E-state index in [1.807, 2.05) is 38.1 Å². The Morgan fingerprint density at radius 2 is 2.00 bits per heavy atom. The predicted molar refractivity (Wildman–Crippen MR) is 80.0 cm³/mol. The molecule has 21 heavy (non-hydrogen) atoms. The maximum absolute atomic E-state index is 12.0. The number of nitrogens with one attached hydrogen (secondary N) is 2. The molecule has 1 aromatic carbocycles. The van der Waals surface area contributed by atoms with Crippen molar-refractivity contribution >= 4 is 11.9 Å². The van der Waals surface area contributed by atoms with Gasteiger partial charge >= 0.3 is 5.97 Å². The minimum Gasteiger partial charge on any atom is -0.480 e. The van der Waals surface area contributed by atoms with Crippen LogP contribution in [0.15, 0.2) is 24.3 Å². The zero-order chi connectivity index (χ0) is 15.5. The van der Waals surface area contributed by atoms with Gasteiger partial charge in [-0.2, -0.15) is 0 Å². The number of carbonyl (C=O) groups is 2. The summed E-state index contributed by atoms with van der Waals surface area (Å²) in [6.45, 7) is 3.96. The first kappa shape index (κ1) is 15.5. The fraction of sp³-hybridized carbons (Fsp3) is 0.500. The van der Waals surface area contributed by atoms with Crippen LogP contribution < -0.4 is 10.6 Å². The lowest BCUT2D eigenvalue weighted by molar-refractivity contribution is -0.149. The van der Waals surface area contributed by atoms with Gasteiger partial charge in [-0.1, -0.05) is 24.3 Å². The van der Waals surface area contributed by atoms with E-state index in [9.17, 15) is 14.7 Å². The van der Waals surface area contributed by atoms with Crippen LogP contribution in [0.25, 0.3) is 0 Å². The van der Waals surface area contributed by atoms with Crippen molar-refractivity contribution in [2.24, 2.45) is 0 Å². The van der Waals surface area contributed by atoms with Gasteiger partial charge < -0.3 is 10.4 Å². The molecular formula is C16H22N2O3. The van der Waals surface area contributed by atoms with E-state index in [-0.39, 0.29) is 18.5 Å². The molecule has 0 spiro atoms. The Kier molecular flexibility index (Phi) is 4.63. The van der Waals surface area contributed by atoms with Gasteiger partial charge in [0.05, 0.1) is 12.6 Å². The van der Waals surface area contributed by atoms with E-state index >= 15 is 0 Å². The van der Waals surface area contributed by atoms with Crippen molar-refractivity contribution in [1.82, 2.24) is 10.6 Å². The lowest BCUT2D eigenvalue weighted by Crippen LogP contribution is -2.59. The Labute approximate surface area is 124 Å². The summed E-state index contributed by atoms with van der Waals surface area (Å²) in [5, 5.41) is 15.0. The number of carbonyl (C=O) groups excluding carboxylic acids is 1. The largest absolute Gasteiger partial charge is 0.480 e. The van der Waals surface area contributed by atoms with E-state index in [1.54, 1.807) is 0 Å². The monoisotopic (exact) mass is 290 g/mol. The van der Waals surface area contributed by atoms with Crippen molar-refractivity contribution in [3.8, 4) is 0 Å². The molecule has 1 amide bonds. The SMILES string of the molecule is Cc1ccccc1C(C)NC(=O)CNC1(C(=O)O)CCC1. The molecule has 2 rings (SSSR count). The van der Waals surface area contributed by atoms with E-state index in [0.717, 1.165) is 17.5 Å². The zero-order valence-corrected chi connectivity index (χ0v) is 12.5. The van der Waals surface area contributed by atoms with Crippen LogP contribution in [0.5, 0.6) is 0 Å². The molecule has 0 radical (unpaired) electrons. The van der Waals surface area contributed by atoms with Gasteiger partial charge in [0.2, 0.25) is 5.91 Å². The second kappa shape index (κ2) is 6.26. The summed E-state index contributed by atoms with van der Waals surface area (Å²) < 4.78 is 0. The van der Waals surface area contributed by atoms with Gasteiger partial charge in [0.25, 0.3) is 0 Å². The van der Waals surface area contributed by atoms with Crippen LogP contribution in [-0.4, -0.2) is 29.1 Å². The highest BCUT2D eigenvalue weighted by molar-refractivity contribution is 5.83. The molecule has 0 aromatic heterocycles. The summed E-state index contributed by atoms with van der Waals surface area (Å²) in [7, 11) is 0. The summed E-state index contributed by atoms with van der Waals surface area (Å²) in [6, 6.07) is 7.80. The number of aliphatic carboxylic acids is 1. The summed E-state index contributed by atoms with van der Waals surface area (Å²) in [5.74, 6) is -1.05. The first-order valence-electron chi connectivity index (χ1n) is 7.28. The number of benzene rings is 1. The Bertz CT molecular complexity index is 538. The minimum atomic E-state index is -0.900. The summed E-state index contributed by atoms with van der Waals surface area (Å²) in [5.41, 5.74) is 1.30. The molecule has 1 fully saturated rings. The Morgan fingerprint density at radius 3 is 2.52 bits per heavy atom. The van der Waals surface area contributed by atoms with Gasteiger partial charge in [-0.05, 0) is 44.2 Å². The van der Waals surface area contributed by atoms with Gasteiger partial charge in [-0.25, -0.2) is 0 Å². The molecular weight excluding hydrogens is 268 g/mol. The third-order valence-corrected chi connectivity index (χ3v) is 4.24. The molecule has 3 N–H and O–H groups in total. The number of hydrogen-bond acceptors (Lipinski definition) is 3. The first-order valence-corrected chi connectivity index (χ1v) is 7.28. The van der Waals surface area contributed by atoms with Crippen molar-refractivity contribution < 1.29 is 14.7 Å². The molecule has 1 aliphatic carbocycles. The number of rotatable bonds is 6. The number of carboxylic acid groups (broad SMARTS) is 1. The number of amides is 1. The molecule has 1 aliphatic rings. The Hall–Kier alpha value is -1.88. The second-order valence-corrected chi connectivity index (χ2v) is 5.74. The lowest BCUT2D eigenvalue weighted by Gasteiger charge is -2.38. The Balaban J connectivity index is 1.87. The zero-order valence-electron chi connectivity index (χ0n) is 12.5. The van der Waals surface area contributed by atoms with Gasteiger partial charge in [-0.15, -0.1) is 0 Å². The third kappa shape index (κ3) is 3.42. The second-order valence-electron chi connectivity index (χ2n) is 5.74. The van der Waals surface area contributed by atoms with Crippen molar-refractivity contribution in [1.29, 1.82) is 0 Å². The highest BCUT2D eigenvalue weighted by atomic mass is 16.4. The van der Waals surface area contributed by atoms with Gasteiger partial charge in [0, 0.05) is 0 Å². The average Bonchev–Trinajstić information content (AvgIpc) is 2.37. The van der Waals surface area contributed by atoms with Crippen LogP contribution in [0.1, 0.15) is 43.4 Å². The molecule has 1 atom stereocenters. The Morgan fingerprint density at radius 1 is 1.33 bits per heavy atom. The van der Waals surface area contributed by atoms with Gasteiger partial charge in [0.15, 0.2) is 0 Å². The molecule has 0 saturated heterocycles. The number of hydrogen-bond donors (Lipinski definition) is 3. The number of aryl methyl sites for hydroxylation is 1. The fourth-order valence-corrected chi connectivity index (χ4v) is 2.69. The van der Waals surface area contributed by atoms with Gasteiger partial charge in [-0.3, -0.25) is 14.9 Å². The molecule has 0 bridgehead atoms. The molecule has 0 aliphatic heterocycles. The van der Waals surface area contributed by atoms with Crippen LogP contribution in [0.2, 0.25) is 0 Å². The predicted octanol–water partition coefficient (Wildman–Crippen LogP) is 1.77. The first-order chi connectivity index (χ1) is 9.94. The van der Waals surface area contributed by atoms with E-state index in [4.69, 9.17) is 0 Å². The molecule has 0 heterocycles. The van der Waals surface area contributed by atoms with Crippen LogP contribution in [0.4, 0.5) is 0 Å². The maximum atomic E-state index is 12.0. The van der Waals surface area contributed by atoms with E-state index in [0.29, 0.717) is 12.8 Å². The normalized spacial score (nSPS) is 17.6. The maximum Gasteiger partial charge on any atom is 0.323 e. The molecule has 114 valence electrons. The third-order valence-electron chi connectivity index (χ3n) is 4.24. The van der Waals surface area contributed by atoms with E-state index < -0.39 is 11.5 Å². The minimum absolute atomic E-state index is 0.0303. The molecule has 1 unspecified atom stereocenters. The summed E-state index contributed by atoms with van der Waals surface area (Å²) in [4.78, 5) is 23.2. The smallest absolute Gasteiger partial charge is 0.323 e. The van der Waals surface area contributed by atoms with Gasteiger partial charge in [0.1, 0.15) is 5.54 Å². The van der Waals surface area contributed by atoms with Crippen molar-refractivity contribution in [3.05, 3.63) is 35.4 Å². The quantitative estimate of drug-likeness (QED) is 0.746. The van der Waals surface area contributed by atoms with Crippen LogP contribution in [-0.2, 0) is 9.59 Å². The van der Waals surface area contributed by atoms with Crippen LogP contribution >= 0.6 is 0 Å². The van der Waals surface area contributed by atoms with E-state index in [2.05, 4.69) is 10.6 Å². The molecule has 1 saturated carbocycles. The van der Waals surface area contributed by atoms with Crippen LogP contribution in [0.3, 0.4) is 0 Å². The average molecular weight is 290 g/mol. The molecule has 1 aromatic rings. The molecule has 5 heteroatoms. The number of carboxylic acids is 1. The summed E-state index contributed by atoms with van der Waals surface area (Å²) >= 11 is 0. The van der Waals surface area contributed by atoms with E-state index in [1.165, 1.54) is 0 Å².